The van der Waals surface area contributed by atoms with Gasteiger partial charge in [-0.3, -0.25) is 19.0 Å². The molecule has 0 unspecified atom stereocenters. The molecule has 1 aromatic heterocycles. The van der Waals surface area contributed by atoms with Crippen molar-refractivity contribution in [1.82, 2.24) is 14.9 Å². The summed E-state index contributed by atoms with van der Waals surface area (Å²) in [6, 6.07) is 7.21. The second-order valence-corrected chi connectivity index (χ2v) is 9.57. The number of benzene rings is 1. The zero-order valence-electron chi connectivity index (χ0n) is 17.2. The van der Waals surface area contributed by atoms with E-state index in [-0.39, 0.29) is 35.9 Å². The van der Waals surface area contributed by atoms with Crippen molar-refractivity contribution in [3.63, 3.8) is 0 Å². The van der Waals surface area contributed by atoms with Gasteiger partial charge < -0.3 is 10.1 Å². The molecule has 0 radical (unpaired) electrons. The van der Waals surface area contributed by atoms with E-state index in [1.165, 1.54) is 18.0 Å². The first-order valence-corrected chi connectivity index (χ1v) is 10.8. The molecule has 7 heteroatoms. The van der Waals surface area contributed by atoms with Crippen LogP contribution in [0, 0.1) is 17.3 Å². The first-order valence-electron chi connectivity index (χ1n) is 10.8. The first-order chi connectivity index (χ1) is 14.4. The first kappa shape index (κ1) is 19.3. The second-order valence-electron chi connectivity index (χ2n) is 9.57. The maximum atomic E-state index is 12.9. The molecule has 4 saturated carbocycles. The highest BCUT2D eigenvalue weighted by Gasteiger charge is 2.61. The number of fused-ring (bicyclic) bond motifs is 1. The van der Waals surface area contributed by atoms with Crippen LogP contribution < -0.4 is 10.9 Å². The Hall–Kier alpha value is -2.70. The Kier molecular flexibility index (Phi) is 4.45. The number of esters is 1. The maximum Gasteiger partial charge on any atom is 0.311 e. The second kappa shape index (κ2) is 6.93. The molecule has 1 amide bonds. The Bertz CT molecular complexity index is 1060. The predicted molar refractivity (Wildman–Crippen MR) is 111 cm³/mol. The van der Waals surface area contributed by atoms with Gasteiger partial charge in [-0.05, 0) is 62.5 Å². The van der Waals surface area contributed by atoms with Gasteiger partial charge in [-0.1, -0.05) is 12.1 Å². The summed E-state index contributed by atoms with van der Waals surface area (Å²) in [4.78, 5) is 42.4. The topological polar surface area (TPSA) is 90.3 Å². The lowest BCUT2D eigenvalue weighted by Crippen LogP contribution is -2.65. The molecule has 4 fully saturated rings. The van der Waals surface area contributed by atoms with E-state index >= 15 is 0 Å². The zero-order chi connectivity index (χ0) is 20.9. The number of hydrogen-bond acceptors (Lipinski definition) is 5. The van der Waals surface area contributed by atoms with Gasteiger partial charge in [0.15, 0.2) is 0 Å². The molecule has 2 atom stereocenters. The number of aryl methyl sites for hydroxylation is 1. The van der Waals surface area contributed by atoms with Gasteiger partial charge in [-0.2, -0.15) is 0 Å². The van der Waals surface area contributed by atoms with Crippen molar-refractivity contribution in [3.8, 4) is 0 Å². The Morgan fingerprint density at radius 2 is 1.93 bits per heavy atom. The fraction of sp³-hybridized carbons (Fsp3) is 0.565. The van der Waals surface area contributed by atoms with Gasteiger partial charge in [0, 0.05) is 18.5 Å². The zero-order valence-corrected chi connectivity index (χ0v) is 17.2. The molecule has 6 rings (SSSR count). The van der Waals surface area contributed by atoms with E-state index in [1.54, 1.807) is 12.1 Å². The fourth-order valence-corrected chi connectivity index (χ4v) is 6.71. The van der Waals surface area contributed by atoms with Crippen LogP contribution in [0.5, 0.6) is 0 Å². The number of methoxy groups -OCH3 is 1. The molecule has 158 valence electrons. The molecule has 2 aromatic rings. The quantitative estimate of drug-likeness (QED) is 0.766. The summed E-state index contributed by atoms with van der Waals surface area (Å²) < 4.78 is 6.64. The van der Waals surface area contributed by atoms with Crippen LogP contribution in [0.4, 0.5) is 0 Å². The Balaban J connectivity index is 1.30. The van der Waals surface area contributed by atoms with Crippen LogP contribution in [0.25, 0.3) is 10.9 Å². The van der Waals surface area contributed by atoms with E-state index in [4.69, 9.17) is 4.74 Å². The highest BCUT2D eigenvalue weighted by Crippen LogP contribution is 2.62. The highest BCUT2D eigenvalue weighted by molar-refractivity contribution is 5.80. The van der Waals surface area contributed by atoms with Crippen LogP contribution in [-0.2, 0) is 20.9 Å². The smallest absolute Gasteiger partial charge is 0.311 e. The molecular weight excluding hydrogens is 382 g/mol. The molecule has 1 aromatic carbocycles. The summed E-state index contributed by atoms with van der Waals surface area (Å²) in [5.74, 6) is 0.747. The third-order valence-electron chi connectivity index (χ3n) is 7.40. The molecule has 4 aliphatic rings. The molecule has 4 bridgehead atoms. The minimum absolute atomic E-state index is 0.0722. The lowest BCUT2D eigenvalue weighted by Gasteiger charge is -2.60. The lowest BCUT2D eigenvalue weighted by molar-refractivity contribution is -0.173. The maximum absolute atomic E-state index is 12.9. The minimum Gasteiger partial charge on any atom is -0.469 e. The molecule has 1 N–H and O–H groups in total. The van der Waals surface area contributed by atoms with Crippen molar-refractivity contribution in [1.29, 1.82) is 0 Å². The summed E-state index contributed by atoms with van der Waals surface area (Å²) in [5.41, 5.74) is -0.231. The molecule has 4 aliphatic carbocycles. The molecule has 0 spiro atoms. The minimum atomic E-state index is -0.439. The third-order valence-corrected chi connectivity index (χ3v) is 7.40. The summed E-state index contributed by atoms with van der Waals surface area (Å²) in [5, 5.41) is 3.83. The Morgan fingerprint density at radius 1 is 1.20 bits per heavy atom. The highest BCUT2D eigenvalue weighted by atomic mass is 16.5. The Morgan fingerprint density at radius 3 is 2.67 bits per heavy atom. The predicted octanol–water partition coefficient (Wildman–Crippen LogP) is 2.41. The van der Waals surface area contributed by atoms with Crippen molar-refractivity contribution in [2.45, 2.75) is 57.0 Å². The van der Waals surface area contributed by atoms with Crippen molar-refractivity contribution < 1.29 is 14.3 Å². The van der Waals surface area contributed by atoms with E-state index in [9.17, 15) is 14.4 Å². The largest absolute Gasteiger partial charge is 0.469 e. The van der Waals surface area contributed by atoms with Gasteiger partial charge in [0.25, 0.3) is 5.56 Å². The summed E-state index contributed by atoms with van der Waals surface area (Å²) in [6.45, 7) is 0.285. The van der Waals surface area contributed by atoms with Crippen LogP contribution in [-0.4, -0.2) is 34.1 Å². The summed E-state index contributed by atoms with van der Waals surface area (Å²) >= 11 is 0. The number of para-hydroxylation sites is 1. The number of aromatic nitrogens is 2. The van der Waals surface area contributed by atoms with Gasteiger partial charge in [-0.15, -0.1) is 0 Å². The van der Waals surface area contributed by atoms with Gasteiger partial charge in [0.1, 0.15) is 0 Å². The van der Waals surface area contributed by atoms with Crippen molar-refractivity contribution in [2.75, 3.05) is 7.11 Å². The van der Waals surface area contributed by atoms with Crippen molar-refractivity contribution in [3.05, 3.63) is 40.9 Å². The lowest BCUT2D eigenvalue weighted by atomic mass is 9.47. The number of carbonyl (C=O) groups excluding carboxylic acids is 2. The normalized spacial score (nSPS) is 31.6. The third kappa shape index (κ3) is 3.11. The SMILES string of the molecule is COC(=O)C12C[C@@H]3C[C@H](CC(NC(=O)CCn4cnc5ccccc5c4=O)(C3)C1)C2. The summed E-state index contributed by atoms with van der Waals surface area (Å²) in [6.07, 6.45) is 7.17. The molecule has 7 nitrogen and oxygen atoms in total. The van der Waals surface area contributed by atoms with Crippen LogP contribution in [0.1, 0.15) is 44.9 Å². The average molecular weight is 409 g/mol. The van der Waals surface area contributed by atoms with Crippen molar-refractivity contribution in [2.24, 2.45) is 17.3 Å². The van der Waals surface area contributed by atoms with Gasteiger partial charge >= 0.3 is 5.97 Å². The van der Waals surface area contributed by atoms with Crippen LogP contribution in [0.3, 0.4) is 0 Å². The number of rotatable bonds is 5. The van der Waals surface area contributed by atoms with E-state index in [2.05, 4.69) is 10.3 Å². The van der Waals surface area contributed by atoms with Crippen molar-refractivity contribution >= 4 is 22.8 Å². The monoisotopic (exact) mass is 409 g/mol. The van der Waals surface area contributed by atoms with Gasteiger partial charge in [0.05, 0.1) is 29.8 Å². The molecule has 1 heterocycles. The van der Waals surface area contributed by atoms with Gasteiger partial charge in [0.2, 0.25) is 5.91 Å². The van der Waals surface area contributed by atoms with Crippen LogP contribution >= 0.6 is 0 Å². The number of carbonyl (C=O) groups is 2. The molecule has 30 heavy (non-hydrogen) atoms. The van der Waals surface area contributed by atoms with E-state index in [0.29, 0.717) is 29.2 Å². The Labute approximate surface area is 174 Å². The summed E-state index contributed by atoms with van der Waals surface area (Å²) in [7, 11) is 1.46. The fourth-order valence-electron chi connectivity index (χ4n) is 6.71. The van der Waals surface area contributed by atoms with E-state index in [0.717, 1.165) is 32.1 Å². The standard InChI is InChI=1S/C23H27N3O4/c1-30-21(29)22-9-15-8-16(10-22)12-23(11-15,13-22)25-19(27)6-7-26-14-24-18-5-3-2-4-17(18)20(26)28/h2-5,14-16H,6-13H2,1H3,(H,25,27)/t15-,16-,22?,23?/m0/s1. The number of nitrogens with zero attached hydrogens (tertiary/aromatic N) is 2. The average Bonchev–Trinajstić information content (AvgIpc) is 2.71. The molecular formula is C23H27N3O4. The van der Waals surface area contributed by atoms with E-state index < -0.39 is 5.41 Å². The van der Waals surface area contributed by atoms with Crippen LogP contribution in [0.15, 0.2) is 35.4 Å². The van der Waals surface area contributed by atoms with E-state index in [1.807, 2.05) is 12.1 Å². The number of hydrogen-bond donors (Lipinski definition) is 1. The number of amides is 1. The van der Waals surface area contributed by atoms with Crippen LogP contribution in [0.2, 0.25) is 0 Å². The van der Waals surface area contributed by atoms with Gasteiger partial charge in [-0.25, -0.2) is 4.98 Å². The number of ether oxygens (including phenoxy) is 1. The number of nitrogens with one attached hydrogen (secondary N) is 1. The molecule has 0 aliphatic heterocycles. The molecule has 0 saturated heterocycles.